The summed E-state index contributed by atoms with van der Waals surface area (Å²) in [7, 11) is 0. The van der Waals surface area contributed by atoms with Gasteiger partial charge in [-0.3, -0.25) is 10.1 Å². The zero-order valence-corrected chi connectivity index (χ0v) is 14.3. The summed E-state index contributed by atoms with van der Waals surface area (Å²) in [5.74, 6) is -1.57. The predicted molar refractivity (Wildman–Crippen MR) is 96.8 cm³/mol. The van der Waals surface area contributed by atoms with E-state index in [1.54, 1.807) is 0 Å². The van der Waals surface area contributed by atoms with Gasteiger partial charge < -0.3 is 15.5 Å². The largest absolute Gasteiger partial charge is 0.371 e. The van der Waals surface area contributed by atoms with Crippen molar-refractivity contribution in [3.05, 3.63) is 64.2 Å². The molecular formula is C18H18F2N4O3. The van der Waals surface area contributed by atoms with Crippen molar-refractivity contribution < 1.29 is 18.5 Å². The van der Waals surface area contributed by atoms with E-state index in [9.17, 15) is 23.7 Å². The number of amides is 2. The lowest BCUT2D eigenvalue weighted by atomic mass is 10.1. The third-order valence-electron chi connectivity index (χ3n) is 4.44. The van der Waals surface area contributed by atoms with Gasteiger partial charge >= 0.3 is 6.03 Å². The molecule has 1 saturated heterocycles. The van der Waals surface area contributed by atoms with Gasteiger partial charge in [-0.05, 0) is 36.6 Å². The molecule has 1 atom stereocenters. The number of hydrogen-bond donors (Lipinski definition) is 2. The Labute approximate surface area is 154 Å². The van der Waals surface area contributed by atoms with Crippen molar-refractivity contribution in [2.75, 3.05) is 29.9 Å². The molecule has 1 aliphatic heterocycles. The molecule has 1 aliphatic rings. The number of nitrogens with zero attached hydrogens (tertiary/aromatic N) is 2. The Morgan fingerprint density at radius 3 is 2.59 bits per heavy atom. The zero-order chi connectivity index (χ0) is 19.4. The van der Waals surface area contributed by atoms with E-state index in [-0.39, 0.29) is 11.6 Å². The molecule has 0 aromatic heterocycles. The molecular weight excluding hydrogens is 358 g/mol. The van der Waals surface area contributed by atoms with Crippen LogP contribution in [-0.4, -0.2) is 30.6 Å². The summed E-state index contributed by atoms with van der Waals surface area (Å²) in [4.78, 5) is 24.0. The van der Waals surface area contributed by atoms with Gasteiger partial charge in [-0.25, -0.2) is 13.6 Å². The van der Waals surface area contributed by atoms with E-state index < -0.39 is 22.6 Å². The van der Waals surface area contributed by atoms with Crippen LogP contribution in [0.5, 0.6) is 0 Å². The molecule has 2 aromatic carbocycles. The van der Waals surface area contributed by atoms with Crippen LogP contribution in [0.15, 0.2) is 42.5 Å². The second-order valence-electron chi connectivity index (χ2n) is 6.34. The molecule has 0 bridgehead atoms. The van der Waals surface area contributed by atoms with Gasteiger partial charge in [-0.15, -0.1) is 0 Å². The minimum atomic E-state index is -0.878. The Morgan fingerprint density at radius 2 is 1.93 bits per heavy atom. The highest BCUT2D eigenvalue weighted by Crippen LogP contribution is 2.25. The van der Waals surface area contributed by atoms with Gasteiger partial charge in [0.15, 0.2) is 11.6 Å². The monoisotopic (exact) mass is 376 g/mol. The first-order chi connectivity index (χ1) is 12.9. The predicted octanol–water partition coefficient (Wildman–Crippen LogP) is 3.52. The Morgan fingerprint density at radius 1 is 1.19 bits per heavy atom. The van der Waals surface area contributed by atoms with E-state index in [1.807, 2.05) is 4.90 Å². The summed E-state index contributed by atoms with van der Waals surface area (Å²) in [6.07, 6.45) is 0.816. The van der Waals surface area contributed by atoms with E-state index in [2.05, 4.69) is 10.6 Å². The van der Waals surface area contributed by atoms with Crippen molar-refractivity contribution in [2.24, 2.45) is 5.92 Å². The zero-order valence-electron chi connectivity index (χ0n) is 14.3. The number of nitro groups is 1. The first-order valence-electron chi connectivity index (χ1n) is 8.41. The molecule has 0 spiro atoms. The molecule has 1 unspecified atom stereocenters. The molecule has 0 saturated carbocycles. The fourth-order valence-electron chi connectivity index (χ4n) is 2.99. The van der Waals surface area contributed by atoms with E-state index in [4.69, 9.17) is 0 Å². The van der Waals surface area contributed by atoms with E-state index >= 15 is 0 Å². The van der Waals surface area contributed by atoms with Crippen molar-refractivity contribution in [1.82, 2.24) is 5.32 Å². The fourth-order valence-corrected chi connectivity index (χ4v) is 2.99. The number of hydrogen-bond acceptors (Lipinski definition) is 4. The van der Waals surface area contributed by atoms with Crippen molar-refractivity contribution in [2.45, 2.75) is 6.42 Å². The Kier molecular flexibility index (Phi) is 5.49. The molecule has 0 aliphatic carbocycles. The quantitative estimate of drug-likeness (QED) is 0.617. The maximum absolute atomic E-state index is 13.4. The van der Waals surface area contributed by atoms with Crippen LogP contribution in [0.25, 0.3) is 0 Å². The Hall–Kier alpha value is -3.23. The molecule has 7 nitrogen and oxygen atoms in total. The van der Waals surface area contributed by atoms with E-state index in [0.717, 1.165) is 12.5 Å². The molecule has 2 amide bonds. The van der Waals surface area contributed by atoms with Crippen LogP contribution in [0, 0.1) is 27.7 Å². The Bertz CT molecular complexity index is 845. The number of nitro benzene ring substituents is 1. The maximum Gasteiger partial charge on any atom is 0.319 e. The number of urea groups is 1. The van der Waals surface area contributed by atoms with Gasteiger partial charge in [0.2, 0.25) is 0 Å². The van der Waals surface area contributed by atoms with Crippen molar-refractivity contribution in [3.63, 3.8) is 0 Å². The highest BCUT2D eigenvalue weighted by molar-refractivity contribution is 5.89. The number of nitrogens with one attached hydrogen (secondary N) is 2. The van der Waals surface area contributed by atoms with Crippen LogP contribution >= 0.6 is 0 Å². The minimum absolute atomic E-state index is 0.0516. The van der Waals surface area contributed by atoms with Crippen molar-refractivity contribution >= 4 is 23.1 Å². The lowest BCUT2D eigenvalue weighted by molar-refractivity contribution is -0.384. The smallest absolute Gasteiger partial charge is 0.319 e. The van der Waals surface area contributed by atoms with Crippen LogP contribution in [0.4, 0.5) is 30.6 Å². The summed E-state index contributed by atoms with van der Waals surface area (Å²) in [5, 5.41) is 16.0. The van der Waals surface area contributed by atoms with E-state index in [1.165, 1.54) is 36.4 Å². The average Bonchev–Trinajstić information content (AvgIpc) is 3.12. The van der Waals surface area contributed by atoms with Crippen LogP contribution < -0.4 is 15.5 Å². The fraction of sp³-hybridized carbons (Fsp3) is 0.278. The molecule has 142 valence electrons. The molecule has 1 fully saturated rings. The van der Waals surface area contributed by atoms with Crippen LogP contribution in [0.1, 0.15) is 6.42 Å². The maximum atomic E-state index is 13.4. The number of rotatable bonds is 5. The standard InChI is InChI=1S/C18H18F2N4O3/c19-16-6-5-15(9-17(16)20)23-8-7-12(11-23)10-21-18(25)22-13-1-3-14(4-2-13)24(26)27/h1-6,9,12H,7-8,10-11H2,(H2,21,22,25). The second-order valence-corrected chi connectivity index (χ2v) is 6.34. The lowest BCUT2D eigenvalue weighted by Gasteiger charge is -2.19. The molecule has 9 heteroatoms. The van der Waals surface area contributed by atoms with Crippen molar-refractivity contribution in [3.8, 4) is 0 Å². The highest BCUT2D eigenvalue weighted by Gasteiger charge is 2.23. The van der Waals surface area contributed by atoms with Gasteiger partial charge in [0.1, 0.15) is 0 Å². The number of non-ortho nitro benzene ring substituents is 1. The summed E-state index contributed by atoms with van der Waals surface area (Å²) < 4.78 is 26.4. The van der Waals surface area contributed by atoms with Crippen LogP contribution in [0.3, 0.4) is 0 Å². The molecule has 0 radical (unpaired) electrons. The highest BCUT2D eigenvalue weighted by atomic mass is 19.2. The number of benzene rings is 2. The summed E-state index contributed by atoms with van der Waals surface area (Å²) in [5.41, 5.74) is 1.02. The van der Waals surface area contributed by atoms with Gasteiger partial charge in [0, 0.05) is 49.2 Å². The molecule has 3 rings (SSSR count). The van der Waals surface area contributed by atoms with Crippen LogP contribution in [-0.2, 0) is 0 Å². The molecule has 27 heavy (non-hydrogen) atoms. The topological polar surface area (TPSA) is 87.5 Å². The lowest BCUT2D eigenvalue weighted by Crippen LogP contribution is -2.34. The third kappa shape index (κ3) is 4.69. The first kappa shape index (κ1) is 18.6. The summed E-state index contributed by atoms with van der Waals surface area (Å²) in [6, 6.07) is 8.94. The van der Waals surface area contributed by atoms with E-state index in [0.29, 0.717) is 31.0 Å². The molecule has 1 heterocycles. The van der Waals surface area contributed by atoms with Gasteiger partial charge in [-0.1, -0.05) is 0 Å². The third-order valence-corrected chi connectivity index (χ3v) is 4.44. The number of halogens is 2. The summed E-state index contributed by atoms with van der Waals surface area (Å²) >= 11 is 0. The number of anilines is 2. The first-order valence-corrected chi connectivity index (χ1v) is 8.41. The average molecular weight is 376 g/mol. The normalized spacial score (nSPS) is 16.2. The van der Waals surface area contributed by atoms with Gasteiger partial charge in [0.05, 0.1) is 4.92 Å². The SMILES string of the molecule is O=C(NCC1CCN(c2ccc(F)c(F)c2)C1)Nc1ccc([N+](=O)[O-])cc1. The van der Waals surface area contributed by atoms with Gasteiger partial charge in [0.25, 0.3) is 5.69 Å². The number of carbonyl (C=O) groups excluding carboxylic acids is 1. The van der Waals surface area contributed by atoms with Crippen molar-refractivity contribution in [1.29, 1.82) is 0 Å². The Balaban J connectivity index is 1.46. The second kappa shape index (κ2) is 7.98. The molecule has 2 N–H and O–H groups in total. The molecule has 2 aromatic rings. The van der Waals surface area contributed by atoms with Crippen LogP contribution in [0.2, 0.25) is 0 Å². The van der Waals surface area contributed by atoms with Gasteiger partial charge in [-0.2, -0.15) is 0 Å². The summed E-state index contributed by atoms with van der Waals surface area (Å²) in [6.45, 7) is 1.75. The number of carbonyl (C=O) groups is 1. The minimum Gasteiger partial charge on any atom is -0.371 e.